The van der Waals surface area contributed by atoms with Crippen molar-refractivity contribution in [1.82, 2.24) is 25.6 Å². The van der Waals surface area contributed by atoms with Gasteiger partial charge < -0.3 is 14.6 Å². The molecular weight excluding hydrogens is 471 g/mol. The van der Waals surface area contributed by atoms with E-state index in [2.05, 4.69) is 30.5 Å². The van der Waals surface area contributed by atoms with Gasteiger partial charge in [-0.3, -0.25) is 19.9 Å². The highest BCUT2D eigenvalue weighted by Gasteiger charge is 2.25. The fourth-order valence-electron chi connectivity index (χ4n) is 4.09. The first-order chi connectivity index (χ1) is 17.0. The van der Waals surface area contributed by atoms with Crippen molar-refractivity contribution in [2.75, 3.05) is 24.5 Å². The number of hydrogen-bond acceptors (Lipinski definition) is 9. The van der Waals surface area contributed by atoms with Gasteiger partial charge >= 0.3 is 0 Å². The minimum absolute atomic E-state index is 0.321. The molecule has 0 aromatic carbocycles. The summed E-state index contributed by atoms with van der Waals surface area (Å²) >= 11 is 0.868. The quantitative estimate of drug-likeness (QED) is 0.476. The molecule has 5 heterocycles. The Hall–Kier alpha value is -3.57. The second-order valence-electron chi connectivity index (χ2n) is 8.37. The Bertz CT molecular complexity index is 1260. The van der Waals surface area contributed by atoms with Crippen molar-refractivity contribution in [1.29, 1.82) is 0 Å². The number of furan rings is 1. The second kappa shape index (κ2) is 10.4. The number of nitrogens with zero attached hydrogens (tertiary/aromatic N) is 4. The molecule has 0 spiro atoms. The van der Waals surface area contributed by atoms with Crippen LogP contribution < -0.4 is 15.5 Å². The maximum absolute atomic E-state index is 14.0. The first-order valence-electron chi connectivity index (χ1n) is 11.3. The van der Waals surface area contributed by atoms with Gasteiger partial charge in [-0.2, -0.15) is 0 Å². The summed E-state index contributed by atoms with van der Waals surface area (Å²) in [5, 5.41) is 5.27. The zero-order valence-electron chi connectivity index (χ0n) is 18.7. The number of thioether (sulfide) groups is 1. The van der Waals surface area contributed by atoms with Crippen LogP contribution in [0.1, 0.15) is 24.2 Å². The number of pyridine rings is 1. The number of carbonyl (C=O) groups is 2. The number of nitrogens with one attached hydrogen (secondary N) is 2. The third kappa shape index (κ3) is 5.75. The van der Waals surface area contributed by atoms with Crippen molar-refractivity contribution < 1.29 is 18.4 Å². The number of piperidine rings is 1. The lowest BCUT2D eigenvalue weighted by atomic mass is 9.97. The van der Waals surface area contributed by atoms with Crippen LogP contribution in [-0.4, -0.2) is 45.7 Å². The molecule has 2 saturated heterocycles. The number of aromatic nitrogens is 3. The monoisotopic (exact) mass is 494 g/mol. The van der Waals surface area contributed by atoms with E-state index in [9.17, 15) is 14.0 Å². The molecule has 2 aliphatic heterocycles. The van der Waals surface area contributed by atoms with Crippen molar-refractivity contribution >= 4 is 34.9 Å². The molecule has 3 aromatic rings. The molecule has 180 valence electrons. The van der Waals surface area contributed by atoms with Crippen LogP contribution in [-0.2, 0) is 11.3 Å². The molecule has 0 unspecified atom stereocenters. The van der Waals surface area contributed by atoms with Crippen LogP contribution in [0.3, 0.4) is 0 Å². The normalized spacial score (nSPS) is 17.9. The average Bonchev–Trinajstić information content (AvgIpc) is 3.49. The Labute approximate surface area is 205 Å². The Morgan fingerprint density at radius 1 is 1.23 bits per heavy atom. The van der Waals surface area contributed by atoms with Crippen LogP contribution in [0.5, 0.6) is 0 Å². The minimum atomic E-state index is -0.403. The van der Waals surface area contributed by atoms with Crippen molar-refractivity contribution in [3.05, 3.63) is 65.1 Å². The van der Waals surface area contributed by atoms with Crippen molar-refractivity contribution in [3.8, 4) is 11.3 Å². The molecule has 2 N–H and O–H groups in total. The average molecular weight is 495 g/mol. The Kier molecular flexibility index (Phi) is 6.87. The lowest BCUT2D eigenvalue weighted by Gasteiger charge is -2.32. The molecule has 0 bridgehead atoms. The SMILES string of the molecule is O=C1NC(=O)/C(=C\c2ccnc(N3CCC(CNCc4cc(F)cc(-c5ccoc5)n4)CC3)n2)S1. The predicted molar refractivity (Wildman–Crippen MR) is 130 cm³/mol. The summed E-state index contributed by atoms with van der Waals surface area (Å²) in [6.07, 6.45) is 8.28. The molecule has 2 aliphatic rings. The summed E-state index contributed by atoms with van der Waals surface area (Å²) < 4.78 is 19.1. The van der Waals surface area contributed by atoms with Gasteiger partial charge in [-0.15, -0.1) is 0 Å². The van der Waals surface area contributed by atoms with E-state index in [1.165, 1.54) is 12.1 Å². The fourth-order valence-corrected chi connectivity index (χ4v) is 4.76. The largest absolute Gasteiger partial charge is 0.472 e. The van der Waals surface area contributed by atoms with Crippen LogP contribution in [0.4, 0.5) is 15.1 Å². The molecule has 9 nitrogen and oxygen atoms in total. The Balaban J connectivity index is 1.12. The smallest absolute Gasteiger partial charge is 0.290 e. The van der Waals surface area contributed by atoms with Crippen LogP contribution >= 0.6 is 11.8 Å². The summed E-state index contributed by atoms with van der Waals surface area (Å²) in [7, 11) is 0. The van der Waals surface area contributed by atoms with Crippen molar-refractivity contribution in [2.24, 2.45) is 5.92 Å². The van der Waals surface area contributed by atoms with Gasteiger partial charge in [0.05, 0.1) is 34.5 Å². The Morgan fingerprint density at radius 2 is 2.09 bits per heavy atom. The van der Waals surface area contributed by atoms with Gasteiger partial charge in [0.25, 0.3) is 11.1 Å². The first kappa shape index (κ1) is 23.2. The molecule has 0 atom stereocenters. The zero-order valence-corrected chi connectivity index (χ0v) is 19.6. The standard InChI is InChI=1S/C24H23FN6O3S/c25-17-9-19(28-20(10-17)16-4-8-34-14-16)13-26-12-15-2-6-31(7-3-15)23-27-5-1-18(29-23)11-21-22(32)30-24(33)35-21/h1,4-5,8-11,14-15,26H,2-3,6-7,12-13H2,(H,30,32,33)/b21-11+. The minimum Gasteiger partial charge on any atom is -0.472 e. The summed E-state index contributed by atoms with van der Waals surface area (Å²) in [6.45, 7) is 2.91. The van der Waals surface area contributed by atoms with Crippen LogP contribution in [0.25, 0.3) is 17.3 Å². The molecule has 0 saturated carbocycles. The lowest BCUT2D eigenvalue weighted by molar-refractivity contribution is -0.115. The number of hydrogen-bond donors (Lipinski definition) is 2. The molecular formula is C24H23FN6O3S. The third-order valence-electron chi connectivity index (χ3n) is 5.88. The van der Waals surface area contributed by atoms with Gasteiger partial charge in [0.1, 0.15) is 5.82 Å². The van der Waals surface area contributed by atoms with Crippen molar-refractivity contribution in [2.45, 2.75) is 19.4 Å². The van der Waals surface area contributed by atoms with Crippen LogP contribution in [0, 0.1) is 11.7 Å². The molecule has 0 radical (unpaired) electrons. The van der Waals surface area contributed by atoms with Crippen molar-refractivity contribution in [3.63, 3.8) is 0 Å². The second-order valence-corrected chi connectivity index (χ2v) is 9.38. The van der Waals surface area contributed by atoms with E-state index in [-0.39, 0.29) is 11.1 Å². The summed E-state index contributed by atoms with van der Waals surface area (Å²) in [5.41, 5.74) is 2.54. The first-order valence-corrected chi connectivity index (χ1v) is 12.1. The van der Waals surface area contributed by atoms with E-state index in [0.717, 1.165) is 49.8 Å². The highest BCUT2D eigenvalue weighted by atomic mass is 32.2. The number of imide groups is 1. The van der Waals surface area contributed by atoms with E-state index in [4.69, 9.17) is 4.42 Å². The number of carbonyl (C=O) groups excluding carboxylic acids is 2. The molecule has 2 amide bonds. The maximum Gasteiger partial charge on any atom is 0.290 e. The van der Waals surface area contributed by atoms with E-state index < -0.39 is 5.91 Å². The summed E-state index contributed by atoms with van der Waals surface area (Å²) in [5.74, 6) is 0.358. The number of rotatable bonds is 7. The fraction of sp³-hybridized carbons (Fsp3) is 0.292. The molecule has 11 heteroatoms. The van der Waals surface area contributed by atoms with Gasteiger partial charge in [0.2, 0.25) is 5.95 Å². The predicted octanol–water partition coefficient (Wildman–Crippen LogP) is 3.60. The topological polar surface area (TPSA) is 113 Å². The maximum atomic E-state index is 14.0. The summed E-state index contributed by atoms with van der Waals surface area (Å²) in [4.78, 5) is 39.0. The van der Waals surface area contributed by atoms with Gasteiger partial charge in [-0.25, -0.2) is 14.4 Å². The number of amides is 2. The summed E-state index contributed by atoms with van der Waals surface area (Å²) in [6, 6.07) is 6.32. The van der Waals surface area contributed by atoms with Gasteiger partial charge in [0, 0.05) is 37.5 Å². The van der Waals surface area contributed by atoms with Gasteiger partial charge in [-0.05, 0) is 61.3 Å². The highest BCUT2D eigenvalue weighted by molar-refractivity contribution is 8.18. The molecule has 0 aliphatic carbocycles. The van der Waals surface area contributed by atoms with Gasteiger partial charge in [-0.1, -0.05) is 0 Å². The van der Waals surface area contributed by atoms with Crippen LogP contribution in [0.2, 0.25) is 0 Å². The highest BCUT2D eigenvalue weighted by Crippen LogP contribution is 2.26. The van der Waals surface area contributed by atoms with E-state index in [0.29, 0.717) is 40.4 Å². The van der Waals surface area contributed by atoms with E-state index in [1.807, 2.05) is 0 Å². The molecule has 3 aromatic heterocycles. The molecule has 5 rings (SSSR count). The number of anilines is 1. The molecule has 35 heavy (non-hydrogen) atoms. The number of halogens is 1. The van der Waals surface area contributed by atoms with E-state index >= 15 is 0 Å². The Morgan fingerprint density at radius 3 is 2.83 bits per heavy atom. The van der Waals surface area contributed by atoms with E-state index in [1.54, 1.807) is 36.9 Å². The lowest BCUT2D eigenvalue weighted by Crippen LogP contribution is -2.38. The van der Waals surface area contributed by atoms with Crippen LogP contribution in [0.15, 0.2) is 52.3 Å². The third-order valence-corrected chi connectivity index (χ3v) is 6.69. The van der Waals surface area contributed by atoms with Gasteiger partial charge in [0.15, 0.2) is 0 Å². The zero-order chi connectivity index (χ0) is 24.2. The molecule has 2 fully saturated rings.